The smallest absolute Gasteiger partial charge is 0.0946 e. The zero-order chi connectivity index (χ0) is 14.8. The normalized spacial score (nSPS) is 19.6. The SMILES string of the molecule is C=CC1CCC=C(/C(=N/S)C(=N)CCCCCCC)C1. The molecule has 0 saturated carbocycles. The zero-order valence-electron chi connectivity index (χ0n) is 12.7. The number of unbranched alkanes of at least 4 members (excludes halogenated alkanes) is 4. The van der Waals surface area contributed by atoms with E-state index in [9.17, 15) is 0 Å². The molecule has 2 nitrogen and oxygen atoms in total. The Morgan fingerprint density at radius 1 is 1.45 bits per heavy atom. The fraction of sp³-hybridized carbons (Fsp3) is 0.647. The predicted octanol–water partition coefficient (Wildman–Crippen LogP) is 5.56. The molecule has 0 heterocycles. The summed E-state index contributed by atoms with van der Waals surface area (Å²) in [6, 6.07) is 0. The fourth-order valence-corrected chi connectivity index (χ4v) is 2.93. The second-order valence-corrected chi connectivity index (χ2v) is 5.80. The van der Waals surface area contributed by atoms with E-state index in [0.717, 1.165) is 37.8 Å². The first kappa shape index (κ1) is 17.2. The minimum atomic E-state index is 0.525. The van der Waals surface area contributed by atoms with Crippen molar-refractivity contribution in [3.63, 3.8) is 0 Å². The Morgan fingerprint density at radius 3 is 2.85 bits per heavy atom. The van der Waals surface area contributed by atoms with Crippen molar-refractivity contribution in [2.45, 2.75) is 64.7 Å². The molecule has 0 saturated heterocycles. The maximum atomic E-state index is 8.24. The molecule has 0 bridgehead atoms. The summed E-state index contributed by atoms with van der Waals surface area (Å²) in [6.45, 7) is 6.11. The second kappa shape index (κ2) is 9.98. The van der Waals surface area contributed by atoms with E-state index in [4.69, 9.17) is 5.41 Å². The fourth-order valence-electron chi connectivity index (χ4n) is 2.68. The monoisotopic (exact) mass is 292 g/mol. The molecular formula is C17H28N2S. The topological polar surface area (TPSA) is 36.2 Å². The van der Waals surface area contributed by atoms with Crippen LogP contribution in [-0.2, 0) is 0 Å². The molecule has 0 aromatic rings. The van der Waals surface area contributed by atoms with Gasteiger partial charge in [0.15, 0.2) is 0 Å². The minimum absolute atomic E-state index is 0.525. The van der Waals surface area contributed by atoms with Gasteiger partial charge in [0.2, 0.25) is 0 Å². The summed E-state index contributed by atoms with van der Waals surface area (Å²) >= 11 is 4.08. The van der Waals surface area contributed by atoms with Gasteiger partial charge in [-0.15, -0.1) is 6.58 Å². The van der Waals surface area contributed by atoms with Gasteiger partial charge in [0.05, 0.1) is 11.4 Å². The number of nitrogens with zero attached hydrogens (tertiary/aromatic N) is 1. The number of rotatable bonds is 9. The van der Waals surface area contributed by atoms with Crippen LogP contribution in [0.25, 0.3) is 0 Å². The van der Waals surface area contributed by atoms with E-state index >= 15 is 0 Å². The molecular weight excluding hydrogens is 264 g/mol. The van der Waals surface area contributed by atoms with Crippen molar-refractivity contribution in [2.24, 2.45) is 10.3 Å². The Kier molecular flexibility index (Phi) is 8.59. The van der Waals surface area contributed by atoms with Crippen molar-refractivity contribution in [3.05, 3.63) is 24.3 Å². The van der Waals surface area contributed by atoms with Crippen molar-refractivity contribution >= 4 is 24.2 Å². The zero-order valence-corrected chi connectivity index (χ0v) is 13.6. The number of thiol groups is 1. The van der Waals surface area contributed by atoms with Crippen LogP contribution in [-0.4, -0.2) is 11.4 Å². The van der Waals surface area contributed by atoms with Crippen molar-refractivity contribution in [2.75, 3.05) is 0 Å². The molecule has 0 amide bonds. The van der Waals surface area contributed by atoms with Gasteiger partial charge in [-0.1, -0.05) is 44.8 Å². The van der Waals surface area contributed by atoms with E-state index in [1.54, 1.807) is 0 Å². The third-order valence-corrected chi connectivity index (χ3v) is 4.16. The molecule has 1 N–H and O–H groups in total. The molecule has 1 aliphatic carbocycles. The summed E-state index contributed by atoms with van der Waals surface area (Å²) in [5.74, 6) is 0.525. The molecule has 0 aromatic heterocycles. The molecule has 0 spiro atoms. The predicted molar refractivity (Wildman–Crippen MR) is 93.1 cm³/mol. The summed E-state index contributed by atoms with van der Waals surface area (Å²) in [5, 5.41) is 8.24. The Balaban J connectivity index is 2.47. The number of hydrogen-bond acceptors (Lipinski definition) is 3. The Labute approximate surface area is 129 Å². The standard InChI is InChI=1S/C17H28N2S/c1-3-5-6-7-8-12-16(18)17(19-20)15-11-9-10-14(4-2)13-15/h4,11,14,18,20H,2-3,5-10,12-13H2,1H3/b18-16?,19-17-. The van der Waals surface area contributed by atoms with Crippen LogP contribution in [0.2, 0.25) is 0 Å². The summed E-state index contributed by atoms with van der Waals surface area (Å²) in [5.41, 5.74) is 2.64. The lowest BCUT2D eigenvalue weighted by Gasteiger charge is -2.21. The molecule has 0 aliphatic heterocycles. The molecule has 0 fully saturated rings. The van der Waals surface area contributed by atoms with Crippen molar-refractivity contribution in [3.8, 4) is 0 Å². The van der Waals surface area contributed by atoms with Crippen LogP contribution in [0.1, 0.15) is 64.7 Å². The third-order valence-electron chi connectivity index (χ3n) is 3.96. The van der Waals surface area contributed by atoms with Crippen molar-refractivity contribution in [1.82, 2.24) is 0 Å². The first-order valence-electron chi connectivity index (χ1n) is 7.84. The van der Waals surface area contributed by atoms with Crippen LogP contribution in [0, 0.1) is 11.3 Å². The first-order chi connectivity index (χ1) is 9.72. The Morgan fingerprint density at radius 2 is 2.20 bits per heavy atom. The van der Waals surface area contributed by atoms with Crippen LogP contribution in [0.4, 0.5) is 0 Å². The Hall–Kier alpha value is -0.830. The van der Waals surface area contributed by atoms with Gasteiger partial charge in [0, 0.05) is 0 Å². The van der Waals surface area contributed by atoms with Gasteiger partial charge < -0.3 is 5.41 Å². The summed E-state index contributed by atoms with van der Waals surface area (Å²) in [4.78, 5) is 0. The number of allylic oxidation sites excluding steroid dienone is 3. The summed E-state index contributed by atoms with van der Waals surface area (Å²) < 4.78 is 4.08. The van der Waals surface area contributed by atoms with Crippen LogP contribution in [0.3, 0.4) is 0 Å². The average molecular weight is 292 g/mol. The quantitative estimate of drug-likeness (QED) is 0.241. The van der Waals surface area contributed by atoms with Gasteiger partial charge >= 0.3 is 0 Å². The molecule has 1 unspecified atom stereocenters. The lowest BCUT2D eigenvalue weighted by Crippen LogP contribution is -2.19. The van der Waals surface area contributed by atoms with Gasteiger partial charge in [-0.25, -0.2) is 4.40 Å². The van der Waals surface area contributed by atoms with Crippen LogP contribution >= 0.6 is 12.8 Å². The van der Waals surface area contributed by atoms with E-state index in [1.807, 2.05) is 6.08 Å². The van der Waals surface area contributed by atoms with E-state index in [2.05, 4.69) is 36.8 Å². The lowest BCUT2D eigenvalue weighted by atomic mass is 9.85. The van der Waals surface area contributed by atoms with Gasteiger partial charge in [0.1, 0.15) is 0 Å². The molecule has 20 heavy (non-hydrogen) atoms. The van der Waals surface area contributed by atoms with Gasteiger partial charge in [0.25, 0.3) is 0 Å². The Bertz CT molecular complexity index is 382. The molecule has 112 valence electrons. The first-order valence-corrected chi connectivity index (χ1v) is 8.24. The van der Waals surface area contributed by atoms with Gasteiger partial charge in [-0.2, -0.15) is 0 Å². The van der Waals surface area contributed by atoms with E-state index in [1.165, 1.54) is 31.3 Å². The highest BCUT2D eigenvalue weighted by atomic mass is 32.1. The molecule has 3 heteroatoms. The summed E-state index contributed by atoms with van der Waals surface area (Å²) in [7, 11) is 0. The minimum Gasteiger partial charge on any atom is -0.303 e. The molecule has 0 radical (unpaired) electrons. The lowest BCUT2D eigenvalue weighted by molar-refractivity contribution is 0.576. The maximum Gasteiger partial charge on any atom is 0.0946 e. The van der Waals surface area contributed by atoms with E-state index in [0.29, 0.717) is 11.6 Å². The average Bonchev–Trinajstić information content (AvgIpc) is 2.48. The van der Waals surface area contributed by atoms with E-state index < -0.39 is 0 Å². The highest BCUT2D eigenvalue weighted by Crippen LogP contribution is 2.26. The summed E-state index contributed by atoms with van der Waals surface area (Å²) in [6.07, 6.45) is 14.4. The van der Waals surface area contributed by atoms with Gasteiger partial charge in [-0.3, -0.25) is 0 Å². The highest BCUT2D eigenvalue weighted by molar-refractivity contribution is 7.79. The third kappa shape index (κ3) is 5.66. The number of nitrogens with one attached hydrogen (secondary N) is 1. The molecule has 0 aromatic carbocycles. The number of hydrogen-bond donors (Lipinski definition) is 2. The molecule has 1 rings (SSSR count). The maximum absolute atomic E-state index is 8.24. The van der Waals surface area contributed by atoms with Crippen LogP contribution in [0.5, 0.6) is 0 Å². The molecule has 1 atom stereocenters. The molecule has 1 aliphatic rings. The van der Waals surface area contributed by atoms with E-state index in [-0.39, 0.29) is 0 Å². The van der Waals surface area contributed by atoms with Crippen LogP contribution in [0.15, 0.2) is 28.7 Å². The highest BCUT2D eigenvalue weighted by Gasteiger charge is 2.19. The largest absolute Gasteiger partial charge is 0.303 e. The van der Waals surface area contributed by atoms with Crippen molar-refractivity contribution < 1.29 is 0 Å². The second-order valence-electron chi connectivity index (χ2n) is 5.60. The van der Waals surface area contributed by atoms with Crippen LogP contribution < -0.4 is 0 Å². The van der Waals surface area contributed by atoms with Crippen molar-refractivity contribution in [1.29, 1.82) is 5.41 Å². The van der Waals surface area contributed by atoms with Gasteiger partial charge in [-0.05, 0) is 56.4 Å².